The Labute approximate surface area is 181 Å². The molecule has 1 aromatic heterocycles. The number of hydrogen-bond acceptors (Lipinski definition) is 5. The van der Waals surface area contributed by atoms with E-state index in [0.29, 0.717) is 17.7 Å². The van der Waals surface area contributed by atoms with Gasteiger partial charge in [0.05, 0.1) is 18.1 Å². The Balaban J connectivity index is 0.00000364. The van der Waals surface area contributed by atoms with Crippen LogP contribution >= 0.6 is 36.6 Å². The monoisotopic (exact) mass is 448 g/mol. The third kappa shape index (κ3) is 7.61. The lowest BCUT2D eigenvalue weighted by atomic mass is 10.1. The van der Waals surface area contributed by atoms with Gasteiger partial charge in [-0.1, -0.05) is 13.0 Å². The summed E-state index contributed by atoms with van der Waals surface area (Å²) in [6.07, 6.45) is 6.58. The predicted octanol–water partition coefficient (Wildman–Crippen LogP) is 3.75. The van der Waals surface area contributed by atoms with Crippen molar-refractivity contribution in [2.24, 2.45) is 0 Å². The number of imidazole rings is 1. The van der Waals surface area contributed by atoms with E-state index in [1.54, 1.807) is 36.3 Å². The molecular weight excluding hydrogens is 423 g/mol. The minimum absolute atomic E-state index is 0. The maximum absolute atomic E-state index is 12.4. The molecule has 0 spiro atoms. The topological polar surface area (TPSA) is 107 Å². The number of nitrogens with one attached hydrogen (secondary N) is 3. The highest BCUT2D eigenvalue weighted by Gasteiger charge is 2.20. The number of halogens is 2. The van der Waals surface area contributed by atoms with Crippen LogP contribution in [-0.2, 0) is 4.79 Å². The number of nitrogens with zero attached hydrogens (tertiary/aromatic N) is 1. The van der Waals surface area contributed by atoms with Gasteiger partial charge in [0.15, 0.2) is 0 Å². The number of H-pyrrole nitrogens is 1. The Kier molecular flexibility index (Phi) is 12.4. The van der Waals surface area contributed by atoms with E-state index >= 15 is 0 Å². The number of carboxylic acid groups (broad SMARTS) is 1. The van der Waals surface area contributed by atoms with E-state index in [-0.39, 0.29) is 30.9 Å². The molecule has 0 saturated carbocycles. The van der Waals surface area contributed by atoms with Crippen molar-refractivity contribution >= 4 is 54.1 Å². The van der Waals surface area contributed by atoms with E-state index in [9.17, 15) is 14.7 Å². The number of carbonyl (C=O) groups excluding carboxylic acids is 1. The van der Waals surface area contributed by atoms with E-state index in [1.165, 1.54) is 0 Å². The third-order valence-electron chi connectivity index (χ3n) is 3.96. The highest BCUT2D eigenvalue weighted by atomic mass is 35.5. The number of aromatic nitrogens is 2. The Bertz CT molecular complexity index is 731. The van der Waals surface area contributed by atoms with Gasteiger partial charge in [0.1, 0.15) is 6.04 Å². The summed E-state index contributed by atoms with van der Waals surface area (Å²) in [5, 5.41) is 15.2. The molecule has 4 N–H and O–H groups in total. The molecule has 0 aliphatic rings. The number of benzene rings is 1. The second-order valence-corrected chi connectivity index (χ2v) is 6.81. The number of anilines is 1. The summed E-state index contributed by atoms with van der Waals surface area (Å²) in [6, 6.07) is 6.16. The Hall–Kier alpha value is -1.90. The molecule has 1 amide bonds. The molecule has 2 atom stereocenters. The van der Waals surface area contributed by atoms with Crippen LogP contribution in [0.3, 0.4) is 0 Å². The molecule has 2 rings (SSSR count). The Morgan fingerprint density at radius 2 is 2.07 bits per heavy atom. The van der Waals surface area contributed by atoms with Crippen LogP contribution in [0.5, 0.6) is 0 Å². The van der Waals surface area contributed by atoms with Crippen molar-refractivity contribution in [1.29, 1.82) is 0 Å². The smallest absolute Gasteiger partial charge is 0.326 e. The minimum atomic E-state index is -1.02. The van der Waals surface area contributed by atoms with Crippen molar-refractivity contribution in [3.63, 3.8) is 0 Å². The first-order valence-electron chi connectivity index (χ1n) is 8.43. The molecule has 0 saturated heterocycles. The zero-order valence-corrected chi connectivity index (χ0v) is 18.1. The Morgan fingerprint density at radius 1 is 1.32 bits per heavy atom. The van der Waals surface area contributed by atoms with Crippen LogP contribution in [0.15, 0.2) is 36.8 Å². The summed E-state index contributed by atoms with van der Waals surface area (Å²) in [5.74, 6) is -0.748. The zero-order valence-electron chi connectivity index (χ0n) is 15.7. The second kappa shape index (κ2) is 13.3. The van der Waals surface area contributed by atoms with Gasteiger partial charge in [0.2, 0.25) is 0 Å². The first-order valence-corrected chi connectivity index (χ1v) is 9.82. The fraction of sp³-hybridized carbons (Fsp3) is 0.389. The summed E-state index contributed by atoms with van der Waals surface area (Å²) >= 11 is 1.55. The summed E-state index contributed by atoms with van der Waals surface area (Å²) < 4.78 is 0. The van der Waals surface area contributed by atoms with Gasteiger partial charge in [0, 0.05) is 17.4 Å². The van der Waals surface area contributed by atoms with Gasteiger partial charge in [-0.05, 0) is 43.0 Å². The van der Waals surface area contributed by atoms with Gasteiger partial charge in [-0.3, -0.25) is 4.79 Å². The first-order chi connectivity index (χ1) is 12.5. The average Bonchev–Trinajstić information content (AvgIpc) is 3.17. The second-order valence-electron chi connectivity index (χ2n) is 5.83. The lowest BCUT2D eigenvalue weighted by Crippen LogP contribution is -2.41. The predicted molar refractivity (Wildman–Crippen MR) is 118 cm³/mol. The maximum atomic E-state index is 12.4. The average molecular weight is 449 g/mol. The maximum Gasteiger partial charge on any atom is 0.326 e. The molecule has 1 aromatic carbocycles. The summed E-state index contributed by atoms with van der Waals surface area (Å²) in [6.45, 7) is 2.05. The lowest BCUT2D eigenvalue weighted by molar-refractivity contribution is -0.139. The van der Waals surface area contributed by atoms with Gasteiger partial charge in [-0.2, -0.15) is 11.8 Å². The molecule has 0 aliphatic carbocycles. The van der Waals surface area contributed by atoms with Gasteiger partial charge in [0.25, 0.3) is 5.91 Å². The molecule has 2 unspecified atom stereocenters. The van der Waals surface area contributed by atoms with Crippen LogP contribution in [0.2, 0.25) is 0 Å². The zero-order chi connectivity index (χ0) is 18.9. The van der Waals surface area contributed by atoms with Crippen molar-refractivity contribution in [1.82, 2.24) is 15.3 Å². The highest BCUT2D eigenvalue weighted by Crippen LogP contribution is 2.21. The molecule has 0 radical (unpaired) electrons. The normalized spacial score (nSPS) is 12.1. The molecule has 1 heterocycles. The lowest BCUT2D eigenvalue weighted by Gasteiger charge is -2.17. The number of rotatable bonds is 10. The molecule has 2 aromatic rings. The fourth-order valence-corrected chi connectivity index (χ4v) is 3.00. The number of hydrogen-bond donors (Lipinski definition) is 4. The van der Waals surface area contributed by atoms with Crippen LogP contribution in [-0.4, -0.2) is 45.0 Å². The number of amides is 1. The third-order valence-corrected chi connectivity index (χ3v) is 4.61. The molecular formula is C18H26Cl2N4O3S. The largest absolute Gasteiger partial charge is 0.480 e. The van der Waals surface area contributed by atoms with Gasteiger partial charge in [-0.15, -0.1) is 24.8 Å². The standard InChI is InChI=1S/C18H24N4O3S.2ClH/c1-3-14(16-10-19-11-20-16)21-13-6-4-5-12(9-13)17(23)22-15(18(24)25)7-8-26-2;;/h4-6,9-11,14-15,21H,3,7-8H2,1-2H3,(H,19,20)(H,22,23)(H,24,25);2*1H. The molecule has 10 heteroatoms. The van der Waals surface area contributed by atoms with Crippen molar-refractivity contribution in [2.75, 3.05) is 17.3 Å². The van der Waals surface area contributed by atoms with Crippen molar-refractivity contribution in [2.45, 2.75) is 31.8 Å². The van der Waals surface area contributed by atoms with Gasteiger partial charge >= 0.3 is 5.97 Å². The number of thioether (sulfide) groups is 1. The molecule has 156 valence electrons. The molecule has 0 bridgehead atoms. The summed E-state index contributed by atoms with van der Waals surface area (Å²) in [5.41, 5.74) is 2.09. The van der Waals surface area contributed by atoms with E-state index < -0.39 is 17.9 Å². The minimum Gasteiger partial charge on any atom is -0.480 e. The molecule has 0 aliphatic heterocycles. The van der Waals surface area contributed by atoms with E-state index in [2.05, 4.69) is 20.6 Å². The van der Waals surface area contributed by atoms with Gasteiger partial charge < -0.3 is 20.7 Å². The summed E-state index contributed by atoms with van der Waals surface area (Å²) in [4.78, 5) is 30.9. The van der Waals surface area contributed by atoms with Crippen molar-refractivity contribution < 1.29 is 14.7 Å². The number of aromatic amines is 1. The van der Waals surface area contributed by atoms with Crippen LogP contribution < -0.4 is 10.6 Å². The first kappa shape index (κ1) is 26.1. The van der Waals surface area contributed by atoms with E-state index in [4.69, 9.17) is 0 Å². The van der Waals surface area contributed by atoms with Crippen LogP contribution in [0, 0.1) is 0 Å². The highest BCUT2D eigenvalue weighted by molar-refractivity contribution is 7.98. The van der Waals surface area contributed by atoms with Crippen LogP contribution in [0.25, 0.3) is 0 Å². The number of carbonyl (C=O) groups is 2. The SMILES string of the molecule is CCC(Nc1cccc(C(=O)NC(CCSC)C(=O)O)c1)c1c[nH]cn1.Cl.Cl. The molecule has 7 nitrogen and oxygen atoms in total. The van der Waals surface area contributed by atoms with E-state index in [1.807, 2.05) is 25.4 Å². The van der Waals surface area contributed by atoms with Crippen molar-refractivity contribution in [3.8, 4) is 0 Å². The molecule has 28 heavy (non-hydrogen) atoms. The molecule has 0 fully saturated rings. The van der Waals surface area contributed by atoms with E-state index in [0.717, 1.165) is 17.8 Å². The van der Waals surface area contributed by atoms with Crippen LogP contribution in [0.4, 0.5) is 5.69 Å². The summed E-state index contributed by atoms with van der Waals surface area (Å²) in [7, 11) is 0. The number of carboxylic acids is 1. The van der Waals surface area contributed by atoms with Gasteiger partial charge in [-0.25, -0.2) is 9.78 Å². The Morgan fingerprint density at radius 3 is 2.64 bits per heavy atom. The van der Waals surface area contributed by atoms with Crippen molar-refractivity contribution in [3.05, 3.63) is 48.0 Å². The number of aliphatic carboxylic acids is 1. The quantitative estimate of drug-likeness (QED) is 0.440. The fourth-order valence-electron chi connectivity index (χ4n) is 2.53. The van der Waals surface area contributed by atoms with Crippen LogP contribution in [0.1, 0.15) is 41.9 Å².